The Morgan fingerprint density at radius 1 is 0.826 bits per heavy atom. The summed E-state index contributed by atoms with van der Waals surface area (Å²) in [6.07, 6.45) is 0.926. The molecule has 1 N–H and O–H groups in total. The maximum atomic E-state index is 14.6. The van der Waals surface area contributed by atoms with Gasteiger partial charge in [0.15, 0.2) is 0 Å². The molecule has 0 unspecified atom stereocenters. The van der Waals surface area contributed by atoms with Gasteiger partial charge in [-0.3, -0.25) is 13.9 Å². The Morgan fingerprint density at radius 3 is 2.07 bits per heavy atom. The molecule has 0 fully saturated rings. The van der Waals surface area contributed by atoms with Crippen molar-refractivity contribution in [3.8, 4) is 5.75 Å². The first-order valence-corrected chi connectivity index (χ1v) is 17.1. The lowest BCUT2D eigenvalue weighted by atomic mass is 10.0. The average molecular weight is 662 g/mol. The third kappa shape index (κ3) is 8.89. The van der Waals surface area contributed by atoms with E-state index in [2.05, 4.69) is 5.32 Å². The molecule has 0 aliphatic heterocycles. The van der Waals surface area contributed by atoms with Gasteiger partial charge in [-0.15, -0.1) is 0 Å². The van der Waals surface area contributed by atoms with Gasteiger partial charge >= 0.3 is 0 Å². The second kappa shape index (κ2) is 16.3. The maximum absolute atomic E-state index is 14.6. The number of halogens is 1. The largest absolute Gasteiger partial charge is 0.492 e. The van der Waals surface area contributed by atoms with Crippen LogP contribution < -0.4 is 14.4 Å². The van der Waals surface area contributed by atoms with E-state index in [0.717, 1.165) is 15.4 Å². The highest BCUT2D eigenvalue weighted by molar-refractivity contribution is 7.92. The van der Waals surface area contributed by atoms with Crippen molar-refractivity contribution in [1.82, 2.24) is 10.2 Å². The summed E-state index contributed by atoms with van der Waals surface area (Å²) in [5.41, 5.74) is 1.81. The highest BCUT2D eigenvalue weighted by Crippen LogP contribution is 2.33. The lowest BCUT2D eigenvalue weighted by molar-refractivity contribution is -0.140. The molecule has 0 saturated heterocycles. The molecule has 4 aromatic carbocycles. The quantitative estimate of drug-likeness (QED) is 0.157. The molecule has 4 rings (SSSR count). The SMILES string of the molecule is CCOc1ccccc1N(CC(=O)N(Cc1ccc(Cl)cc1)[C@H](Cc1ccccc1)C(=O)N[C@@H](C)CC)S(=O)(=O)c1ccccc1. The minimum atomic E-state index is -4.24. The van der Waals surface area contributed by atoms with Gasteiger partial charge in [0.1, 0.15) is 18.3 Å². The molecule has 8 nitrogen and oxygen atoms in total. The predicted octanol–water partition coefficient (Wildman–Crippen LogP) is 6.49. The number of para-hydroxylation sites is 2. The summed E-state index contributed by atoms with van der Waals surface area (Å²) in [6, 6.07) is 30.0. The smallest absolute Gasteiger partial charge is 0.264 e. The number of carbonyl (C=O) groups excluding carboxylic acids is 2. The lowest BCUT2D eigenvalue weighted by Gasteiger charge is -2.34. The molecule has 4 aromatic rings. The highest BCUT2D eigenvalue weighted by Gasteiger charge is 2.35. The monoisotopic (exact) mass is 661 g/mol. The van der Waals surface area contributed by atoms with Crippen molar-refractivity contribution in [2.45, 2.75) is 57.1 Å². The third-order valence-corrected chi connectivity index (χ3v) is 9.61. The van der Waals surface area contributed by atoms with Crippen LogP contribution in [0.3, 0.4) is 0 Å². The summed E-state index contributed by atoms with van der Waals surface area (Å²) in [5.74, 6) is -0.564. The van der Waals surface area contributed by atoms with Gasteiger partial charge in [-0.05, 0) is 67.8 Å². The van der Waals surface area contributed by atoms with Crippen LogP contribution in [-0.4, -0.2) is 50.4 Å². The van der Waals surface area contributed by atoms with E-state index in [1.807, 2.05) is 44.2 Å². The highest BCUT2D eigenvalue weighted by atomic mass is 35.5. The molecule has 0 radical (unpaired) electrons. The van der Waals surface area contributed by atoms with E-state index in [9.17, 15) is 18.0 Å². The van der Waals surface area contributed by atoms with Crippen molar-refractivity contribution in [2.75, 3.05) is 17.5 Å². The molecule has 0 spiro atoms. The van der Waals surface area contributed by atoms with E-state index in [0.29, 0.717) is 23.8 Å². The van der Waals surface area contributed by atoms with Gasteiger partial charge in [0, 0.05) is 24.0 Å². The van der Waals surface area contributed by atoms with Crippen molar-refractivity contribution < 1.29 is 22.7 Å². The van der Waals surface area contributed by atoms with Crippen molar-refractivity contribution in [3.05, 3.63) is 125 Å². The second-order valence-corrected chi connectivity index (χ2v) is 13.2. The summed E-state index contributed by atoms with van der Waals surface area (Å²) in [7, 11) is -4.24. The van der Waals surface area contributed by atoms with Crippen LogP contribution in [0.2, 0.25) is 5.02 Å². The predicted molar refractivity (Wildman–Crippen MR) is 182 cm³/mol. The Labute approximate surface area is 277 Å². The lowest BCUT2D eigenvalue weighted by Crippen LogP contribution is -2.54. The standard InChI is InChI=1S/C36H40ClN3O5S/c1-4-27(3)38-36(42)33(24-28-14-8-6-9-15-28)39(25-29-20-22-30(37)23-21-29)35(41)26-40(32-18-12-13-19-34(32)45-5-2)46(43,44)31-16-10-7-11-17-31/h6-23,27,33H,4-5,24-26H2,1-3H3,(H,38,42)/t27-,33+/m0/s1. The molecule has 0 aliphatic rings. The van der Waals surface area contributed by atoms with Crippen molar-refractivity contribution >= 4 is 39.1 Å². The van der Waals surface area contributed by atoms with Gasteiger partial charge in [0.25, 0.3) is 10.0 Å². The number of carbonyl (C=O) groups is 2. The summed E-state index contributed by atoms with van der Waals surface area (Å²) in [4.78, 5) is 30.0. The first kappa shape index (κ1) is 34.5. The molecular weight excluding hydrogens is 622 g/mol. The van der Waals surface area contributed by atoms with Crippen LogP contribution in [0.4, 0.5) is 5.69 Å². The zero-order chi connectivity index (χ0) is 33.1. The Morgan fingerprint density at radius 2 is 1.43 bits per heavy atom. The molecular formula is C36H40ClN3O5S. The molecule has 2 amide bonds. The van der Waals surface area contributed by atoms with E-state index in [-0.39, 0.29) is 35.5 Å². The fourth-order valence-electron chi connectivity index (χ4n) is 4.96. The normalized spacial score (nSPS) is 12.5. The Bertz CT molecular complexity index is 1690. The molecule has 46 heavy (non-hydrogen) atoms. The summed E-state index contributed by atoms with van der Waals surface area (Å²) in [5, 5.41) is 3.57. The average Bonchev–Trinajstić information content (AvgIpc) is 3.07. The molecule has 0 aromatic heterocycles. The molecule has 2 atom stereocenters. The minimum absolute atomic E-state index is 0.0219. The molecule has 242 valence electrons. The Hall–Kier alpha value is -4.34. The number of anilines is 1. The van der Waals surface area contributed by atoms with Gasteiger partial charge in [0.2, 0.25) is 11.8 Å². The molecule has 0 saturated carbocycles. The van der Waals surface area contributed by atoms with Crippen molar-refractivity contribution in [1.29, 1.82) is 0 Å². The summed E-state index contributed by atoms with van der Waals surface area (Å²) in [6.45, 7) is 5.44. The van der Waals surface area contributed by atoms with E-state index in [1.54, 1.807) is 73.7 Å². The number of hydrogen-bond donors (Lipinski definition) is 1. The van der Waals surface area contributed by atoms with E-state index in [4.69, 9.17) is 16.3 Å². The number of rotatable bonds is 15. The van der Waals surface area contributed by atoms with Crippen LogP contribution in [0, 0.1) is 0 Å². The summed E-state index contributed by atoms with van der Waals surface area (Å²) < 4.78 is 35.3. The van der Waals surface area contributed by atoms with Crippen LogP contribution >= 0.6 is 11.6 Å². The maximum Gasteiger partial charge on any atom is 0.264 e. The van der Waals surface area contributed by atoms with Crippen LogP contribution in [0.25, 0.3) is 0 Å². The fourth-order valence-corrected chi connectivity index (χ4v) is 6.53. The topological polar surface area (TPSA) is 96.0 Å². The van der Waals surface area contributed by atoms with E-state index in [1.165, 1.54) is 17.0 Å². The van der Waals surface area contributed by atoms with E-state index >= 15 is 0 Å². The van der Waals surface area contributed by atoms with Gasteiger partial charge in [-0.25, -0.2) is 8.42 Å². The van der Waals surface area contributed by atoms with Crippen LogP contribution in [0.15, 0.2) is 114 Å². The van der Waals surface area contributed by atoms with Gasteiger partial charge < -0.3 is 15.0 Å². The Kier molecular flexibility index (Phi) is 12.2. The van der Waals surface area contributed by atoms with Crippen LogP contribution in [0.5, 0.6) is 5.75 Å². The molecule has 10 heteroatoms. The number of hydrogen-bond acceptors (Lipinski definition) is 5. The number of nitrogens with one attached hydrogen (secondary N) is 1. The first-order chi connectivity index (χ1) is 22.1. The molecule has 0 heterocycles. The third-order valence-electron chi connectivity index (χ3n) is 7.58. The summed E-state index contributed by atoms with van der Waals surface area (Å²) >= 11 is 6.16. The zero-order valence-electron chi connectivity index (χ0n) is 26.3. The fraction of sp³-hybridized carbons (Fsp3) is 0.278. The zero-order valence-corrected chi connectivity index (χ0v) is 27.9. The van der Waals surface area contributed by atoms with Gasteiger partial charge in [-0.2, -0.15) is 0 Å². The minimum Gasteiger partial charge on any atom is -0.492 e. The molecule has 0 bridgehead atoms. The number of sulfonamides is 1. The second-order valence-electron chi connectivity index (χ2n) is 10.9. The number of benzene rings is 4. The Balaban J connectivity index is 1.83. The molecule has 0 aliphatic carbocycles. The number of ether oxygens (including phenoxy) is 1. The first-order valence-electron chi connectivity index (χ1n) is 15.3. The van der Waals surface area contributed by atoms with Crippen LogP contribution in [0.1, 0.15) is 38.3 Å². The van der Waals surface area contributed by atoms with Gasteiger partial charge in [-0.1, -0.05) is 91.3 Å². The number of nitrogens with zero attached hydrogens (tertiary/aromatic N) is 2. The van der Waals surface area contributed by atoms with Crippen LogP contribution in [-0.2, 0) is 32.6 Å². The number of amides is 2. The van der Waals surface area contributed by atoms with E-state index < -0.39 is 28.5 Å². The van der Waals surface area contributed by atoms with Gasteiger partial charge in [0.05, 0.1) is 17.2 Å². The van der Waals surface area contributed by atoms with Crippen molar-refractivity contribution in [2.24, 2.45) is 0 Å². The van der Waals surface area contributed by atoms with Crippen molar-refractivity contribution in [3.63, 3.8) is 0 Å².